The molecule has 2 aliphatic rings. The van der Waals surface area contributed by atoms with Gasteiger partial charge in [0.25, 0.3) is 0 Å². The molecule has 3 N–H and O–H groups in total. The third-order valence-electron chi connectivity index (χ3n) is 2.99. The van der Waals surface area contributed by atoms with Crippen molar-refractivity contribution in [2.24, 2.45) is 5.92 Å². The Kier molecular flexibility index (Phi) is 1.47. The molecule has 0 bridgehead atoms. The first-order valence-corrected chi connectivity index (χ1v) is 3.87. The molecule has 0 aromatic heterocycles. The number of nitrogens with zero attached hydrogens (tertiary/aromatic N) is 1. The summed E-state index contributed by atoms with van der Waals surface area (Å²) in [5, 5.41) is 27.6. The topological polar surface area (TPSA) is 63.7 Å². The largest absolute Gasteiger partial charge is 0.396 e. The summed E-state index contributed by atoms with van der Waals surface area (Å²) in [5.41, 5.74) is 0. The molecule has 0 amide bonds. The van der Waals surface area contributed by atoms with E-state index in [0.717, 1.165) is 0 Å². The lowest BCUT2D eigenvalue weighted by atomic mass is 10.0. The van der Waals surface area contributed by atoms with E-state index in [1.807, 2.05) is 11.9 Å². The Balaban J connectivity index is 2.12. The molecule has 4 heteroatoms. The van der Waals surface area contributed by atoms with E-state index >= 15 is 0 Å². The Morgan fingerprint density at radius 3 is 2.18 bits per heavy atom. The summed E-state index contributed by atoms with van der Waals surface area (Å²) >= 11 is 0. The van der Waals surface area contributed by atoms with Crippen LogP contribution in [-0.4, -0.2) is 58.2 Å². The van der Waals surface area contributed by atoms with Crippen molar-refractivity contribution in [1.82, 2.24) is 4.90 Å². The van der Waals surface area contributed by atoms with Crippen molar-refractivity contribution in [2.45, 2.75) is 24.3 Å². The van der Waals surface area contributed by atoms with Crippen molar-refractivity contribution in [3.05, 3.63) is 0 Å². The molecular weight excluding hydrogens is 146 g/mol. The van der Waals surface area contributed by atoms with Gasteiger partial charge in [0.1, 0.15) is 0 Å². The fourth-order valence-corrected chi connectivity index (χ4v) is 2.26. The van der Waals surface area contributed by atoms with E-state index in [9.17, 15) is 10.2 Å². The van der Waals surface area contributed by atoms with Crippen LogP contribution in [0.2, 0.25) is 0 Å². The van der Waals surface area contributed by atoms with Gasteiger partial charge in [-0.1, -0.05) is 0 Å². The van der Waals surface area contributed by atoms with Gasteiger partial charge in [-0.05, 0) is 7.05 Å². The van der Waals surface area contributed by atoms with Gasteiger partial charge >= 0.3 is 0 Å². The minimum absolute atomic E-state index is 0.0380. The first kappa shape index (κ1) is 7.49. The van der Waals surface area contributed by atoms with Gasteiger partial charge in [0.2, 0.25) is 0 Å². The van der Waals surface area contributed by atoms with Gasteiger partial charge in [-0.3, -0.25) is 4.90 Å². The van der Waals surface area contributed by atoms with E-state index in [2.05, 4.69) is 0 Å². The summed E-state index contributed by atoms with van der Waals surface area (Å²) in [6.45, 7) is -0.0380. The molecule has 0 aromatic carbocycles. The molecule has 11 heavy (non-hydrogen) atoms. The molecule has 1 saturated heterocycles. The van der Waals surface area contributed by atoms with E-state index in [4.69, 9.17) is 5.11 Å². The van der Waals surface area contributed by atoms with E-state index in [1.54, 1.807) is 0 Å². The maximum Gasteiger partial charge on any atom is 0.0973 e. The van der Waals surface area contributed by atoms with Gasteiger partial charge in [0.05, 0.1) is 24.9 Å². The third-order valence-corrected chi connectivity index (χ3v) is 2.99. The fourth-order valence-electron chi connectivity index (χ4n) is 2.26. The molecule has 2 rings (SSSR count). The summed E-state index contributed by atoms with van der Waals surface area (Å²) in [6, 6.07) is 0.284. The van der Waals surface area contributed by atoms with Crippen molar-refractivity contribution in [2.75, 3.05) is 13.7 Å². The second-order valence-electron chi connectivity index (χ2n) is 3.47. The molecule has 64 valence electrons. The zero-order chi connectivity index (χ0) is 8.17. The maximum absolute atomic E-state index is 9.38. The second kappa shape index (κ2) is 2.17. The number of fused-ring (bicyclic) bond motifs is 1. The Hall–Kier alpha value is -0.160. The predicted molar refractivity (Wildman–Crippen MR) is 37.9 cm³/mol. The molecule has 2 fully saturated rings. The Morgan fingerprint density at radius 1 is 1.18 bits per heavy atom. The quantitative estimate of drug-likeness (QED) is 0.388. The van der Waals surface area contributed by atoms with E-state index in [-0.39, 0.29) is 24.6 Å². The third kappa shape index (κ3) is 0.780. The molecule has 6 unspecified atom stereocenters. The molecule has 0 aromatic rings. The zero-order valence-corrected chi connectivity index (χ0v) is 6.38. The average Bonchev–Trinajstić information content (AvgIpc) is 2.54. The van der Waals surface area contributed by atoms with Crippen LogP contribution in [0.3, 0.4) is 0 Å². The number of rotatable bonds is 1. The van der Waals surface area contributed by atoms with Crippen molar-refractivity contribution in [3.63, 3.8) is 0 Å². The number of likely N-dealkylation sites (N-methyl/N-ethyl adjacent to an activating group) is 1. The number of aliphatic hydroxyl groups excluding tert-OH is 3. The predicted octanol–water partition coefficient (Wildman–Crippen LogP) is -1.99. The highest BCUT2D eigenvalue weighted by atomic mass is 16.3. The van der Waals surface area contributed by atoms with Crippen molar-refractivity contribution in [3.8, 4) is 0 Å². The fraction of sp³-hybridized carbons (Fsp3) is 1.00. The molecular formula is C7H13NO3. The van der Waals surface area contributed by atoms with Crippen molar-refractivity contribution in [1.29, 1.82) is 0 Å². The van der Waals surface area contributed by atoms with Crippen LogP contribution in [0.5, 0.6) is 0 Å². The van der Waals surface area contributed by atoms with Crippen LogP contribution in [0, 0.1) is 5.92 Å². The van der Waals surface area contributed by atoms with Crippen LogP contribution >= 0.6 is 0 Å². The molecule has 1 aliphatic carbocycles. The first-order valence-electron chi connectivity index (χ1n) is 3.87. The highest BCUT2D eigenvalue weighted by Crippen LogP contribution is 2.44. The highest BCUT2D eigenvalue weighted by Gasteiger charge is 2.63. The molecule has 6 atom stereocenters. The minimum atomic E-state index is -0.730. The lowest BCUT2D eigenvalue weighted by Crippen LogP contribution is -2.36. The van der Waals surface area contributed by atoms with E-state index < -0.39 is 12.2 Å². The van der Waals surface area contributed by atoms with Gasteiger partial charge < -0.3 is 15.3 Å². The summed E-state index contributed by atoms with van der Waals surface area (Å²) in [5.74, 6) is -0.153. The SMILES string of the molecule is CN1C2C(O)C(O)C(CO)C21. The molecule has 1 saturated carbocycles. The van der Waals surface area contributed by atoms with Gasteiger partial charge in [0, 0.05) is 12.0 Å². The number of piperidine rings is 1. The van der Waals surface area contributed by atoms with Crippen LogP contribution in [0.15, 0.2) is 0 Å². The highest BCUT2D eigenvalue weighted by molar-refractivity contribution is 5.17. The summed E-state index contributed by atoms with van der Waals surface area (Å²) in [6.07, 6.45) is -1.40. The smallest absolute Gasteiger partial charge is 0.0973 e. The van der Waals surface area contributed by atoms with Crippen LogP contribution in [-0.2, 0) is 0 Å². The molecule has 0 spiro atoms. The Bertz CT molecular complexity index is 170. The normalized spacial score (nSPS) is 61.1. The first-order chi connectivity index (χ1) is 5.18. The van der Waals surface area contributed by atoms with Crippen LogP contribution in [0.1, 0.15) is 0 Å². The molecule has 4 nitrogen and oxygen atoms in total. The zero-order valence-electron chi connectivity index (χ0n) is 6.38. The van der Waals surface area contributed by atoms with Gasteiger partial charge in [-0.25, -0.2) is 0 Å². The Morgan fingerprint density at radius 2 is 1.82 bits per heavy atom. The number of hydrogen-bond acceptors (Lipinski definition) is 4. The maximum atomic E-state index is 9.38. The van der Waals surface area contributed by atoms with Crippen LogP contribution in [0.4, 0.5) is 0 Å². The van der Waals surface area contributed by atoms with Gasteiger partial charge in [0.15, 0.2) is 0 Å². The molecule has 1 heterocycles. The van der Waals surface area contributed by atoms with E-state index in [0.29, 0.717) is 0 Å². The second-order valence-corrected chi connectivity index (χ2v) is 3.47. The number of hydrogen-bond donors (Lipinski definition) is 3. The summed E-state index contributed by atoms with van der Waals surface area (Å²) in [4.78, 5) is 1.98. The van der Waals surface area contributed by atoms with Crippen LogP contribution in [0.25, 0.3) is 0 Å². The molecule has 1 aliphatic heterocycles. The summed E-state index contributed by atoms with van der Waals surface area (Å²) in [7, 11) is 1.90. The van der Waals surface area contributed by atoms with E-state index in [1.165, 1.54) is 0 Å². The number of likely N-dealkylation sites (tertiary alicyclic amines) is 1. The lowest BCUT2D eigenvalue weighted by molar-refractivity contribution is -0.0217. The van der Waals surface area contributed by atoms with Gasteiger partial charge in [-0.15, -0.1) is 0 Å². The minimum Gasteiger partial charge on any atom is -0.396 e. The average molecular weight is 159 g/mol. The van der Waals surface area contributed by atoms with Crippen molar-refractivity contribution < 1.29 is 15.3 Å². The van der Waals surface area contributed by atoms with Crippen molar-refractivity contribution >= 4 is 0 Å². The van der Waals surface area contributed by atoms with Crippen LogP contribution < -0.4 is 0 Å². The molecule has 0 radical (unpaired) electrons. The monoisotopic (exact) mass is 159 g/mol. The lowest BCUT2D eigenvalue weighted by Gasteiger charge is -2.20. The van der Waals surface area contributed by atoms with Gasteiger partial charge in [-0.2, -0.15) is 0 Å². The standard InChI is InChI=1S/C7H13NO3/c1-8-4-3(2-9)6(10)7(11)5(4)8/h3-7,9-11H,2H2,1H3. The summed E-state index contributed by atoms with van der Waals surface area (Å²) < 4.78 is 0. The Labute approximate surface area is 65.1 Å². The number of aliphatic hydroxyl groups is 3.